The smallest absolute Gasteiger partial charge is 0.0619 e. The molecule has 0 radical (unpaired) electrons. The van der Waals surface area contributed by atoms with Gasteiger partial charge in [0.15, 0.2) is 0 Å². The topological polar surface area (TPSA) is 4.93 Å². The largest absolute Gasteiger partial charge is 0.309 e. The van der Waals surface area contributed by atoms with Crippen LogP contribution >= 0.6 is 11.8 Å². The van der Waals surface area contributed by atoms with E-state index in [1.165, 1.54) is 70.0 Å². The third-order valence-electron chi connectivity index (χ3n) is 7.16. The molecule has 1 aliphatic heterocycles. The lowest BCUT2D eigenvalue weighted by Gasteiger charge is -2.21. The Labute approximate surface area is 201 Å². The van der Waals surface area contributed by atoms with Crippen LogP contribution in [0.1, 0.15) is 0 Å². The average Bonchev–Trinajstić information content (AvgIpc) is 3.24. The fraction of sp³-hybridized carbons (Fsp3) is 0. The van der Waals surface area contributed by atoms with E-state index in [1.54, 1.807) is 0 Å². The monoisotopic (exact) mass is 449 g/mol. The zero-order chi connectivity index (χ0) is 22.2. The van der Waals surface area contributed by atoms with E-state index in [1.807, 2.05) is 11.8 Å². The second-order valence-electron chi connectivity index (χ2n) is 8.98. The van der Waals surface area contributed by atoms with Crippen molar-refractivity contribution in [3.05, 3.63) is 115 Å². The molecule has 34 heavy (non-hydrogen) atoms. The molecule has 7 aromatic rings. The van der Waals surface area contributed by atoms with E-state index in [0.29, 0.717) is 0 Å². The lowest BCUT2D eigenvalue weighted by atomic mass is 9.97. The van der Waals surface area contributed by atoms with Gasteiger partial charge in [-0.05, 0) is 52.2 Å². The van der Waals surface area contributed by atoms with Gasteiger partial charge in [0.2, 0.25) is 0 Å². The Hall–Kier alpha value is -4.01. The van der Waals surface area contributed by atoms with E-state index < -0.39 is 0 Å². The van der Waals surface area contributed by atoms with E-state index in [4.69, 9.17) is 0 Å². The molecule has 0 spiro atoms. The normalized spacial score (nSPS) is 12.6. The lowest BCUT2D eigenvalue weighted by molar-refractivity contribution is 1.17. The van der Waals surface area contributed by atoms with Crippen LogP contribution in [0.25, 0.3) is 60.2 Å². The molecule has 0 unspecified atom stereocenters. The molecule has 1 nitrogen and oxygen atoms in total. The zero-order valence-electron chi connectivity index (χ0n) is 18.3. The van der Waals surface area contributed by atoms with Crippen molar-refractivity contribution < 1.29 is 0 Å². The van der Waals surface area contributed by atoms with Gasteiger partial charge >= 0.3 is 0 Å². The number of nitrogens with zero attached hydrogens (tertiary/aromatic N) is 1. The van der Waals surface area contributed by atoms with E-state index in [-0.39, 0.29) is 0 Å². The number of aromatic nitrogens is 1. The molecule has 1 aromatic heterocycles. The fourth-order valence-electron chi connectivity index (χ4n) is 5.69. The van der Waals surface area contributed by atoms with Gasteiger partial charge in [-0.1, -0.05) is 96.7 Å². The minimum atomic E-state index is 1.21. The first kappa shape index (κ1) is 18.4. The molecule has 0 saturated heterocycles. The number of para-hydroxylation sites is 1. The van der Waals surface area contributed by atoms with Crippen LogP contribution in [0.2, 0.25) is 0 Å². The molecule has 0 atom stereocenters. The van der Waals surface area contributed by atoms with E-state index in [2.05, 4.69) is 120 Å². The first-order chi connectivity index (χ1) is 16.9. The summed E-state index contributed by atoms with van der Waals surface area (Å²) in [7, 11) is 0. The van der Waals surface area contributed by atoms with Crippen molar-refractivity contribution in [2.75, 3.05) is 0 Å². The fourth-order valence-corrected chi connectivity index (χ4v) is 6.82. The van der Waals surface area contributed by atoms with Gasteiger partial charge in [0.1, 0.15) is 0 Å². The predicted molar refractivity (Wildman–Crippen MR) is 145 cm³/mol. The minimum absolute atomic E-state index is 1.21. The van der Waals surface area contributed by atoms with Crippen molar-refractivity contribution in [3.8, 4) is 16.8 Å². The Kier molecular flexibility index (Phi) is 3.66. The van der Waals surface area contributed by atoms with Crippen LogP contribution in [0.5, 0.6) is 0 Å². The third kappa shape index (κ3) is 2.41. The van der Waals surface area contributed by atoms with Crippen molar-refractivity contribution in [1.29, 1.82) is 0 Å². The summed E-state index contributed by atoms with van der Waals surface area (Å²) in [5, 5.41) is 7.83. The van der Waals surface area contributed by atoms with Gasteiger partial charge in [0, 0.05) is 37.0 Å². The molecule has 8 rings (SSSR count). The summed E-state index contributed by atoms with van der Waals surface area (Å²) in [5.74, 6) is 0. The maximum Gasteiger partial charge on any atom is 0.0619 e. The molecule has 0 fully saturated rings. The van der Waals surface area contributed by atoms with Gasteiger partial charge < -0.3 is 4.57 Å². The average molecular weight is 450 g/mol. The molecular weight excluding hydrogens is 430 g/mol. The standard InChI is InChI=1S/C32H19NS/c1-2-10-23-20(7-1)15-17-26-24-11-3-4-13-28(24)33(32(23)26)22-16-18-29-27(19-22)25-12-5-8-21-9-6-14-30(34-29)31(21)25/h1-19H. The molecule has 2 heteroatoms. The lowest BCUT2D eigenvalue weighted by Crippen LogP contribution is -1.98. The van der Waals surface area contributed by atoms with Gasteiger partial charge in [0.05, 0.1) is 11.0 Å². The van der Waals surface area contributed by atoms with Gasteiger partial charge in [-0.3, -0.25) is 0 Å². The summed E-state index contributed by atoms with van der Waals surface area (Å²) in [6, 6.07) is 42.3. The van der Waals surface area contributed by atoms with Crippen LogP contribution in [0.4, 0.5) is 0 Å². The first-order valence-corrected chi connectivity index (χ1v) is 12.4. The first-order valence-electron chi connectivity index (χ1n) is 11.6. The molecule has 0 amide bonds. The highest BCUT2D eigenvalue weighted by Gasteiger charge is 2.21. The summed E-state index contributed by atoms with van der Waals surface area (Å²) in [4.78, 5) is 2.66. The second-order valence-corrected chi connectivity index (χ2v) is 10.1. The maximum atomic E-state index is 2.46. The Bertz CT molecular complexity index is 1940. The van der Waals surface area contributed by atoms with Crippen LogP contribution in [-0.4, -0.2) is 4.57 Å². The summed E-state index contributed by atoms with van der Waals surface area (Å²) < 4.78 is 2.46. The van der Waals surface area contributed by atoms with Gasteiger partial charge in [0.25, 0.3) is 0 Å². The summed E-state index contributed by atoms with van der Waals surface area (Å²) in [5.41, 5.74) is 6.38. The number of fused-ring (bicyclic) bond motifs is 7. The molecule has 0 saturated carbocycles. The van der Waals surface area contributed by atoms with Crippen molar-refractivity contribution in [1.82, 2.24) is 4.57 Å². The highest BCUT2D eigenvalue weighted by atomic mass is 32.2. The Morgan fingerprint density at radius 3 is 2.24 bits per heavy atom. The zero-order valence-corrected chi connectivity index (χ0v) is 19.1. The second kappa shape index (κ2) is 6.75. The Morgan fingerprint density at radius 1 is 0.500 bits per heavy atom. The highest BCUT2D eigenvalue weighted by molar-refractivity contribution is 7.99. The van der Waals surface area contributed by atoms with E-state index in [0.717, 1.165) is 0 Å². The number of rotatable bonds is 1. The minimum Gasteiger partial charge on any atom is -0.309 e. The highest BCUT2D eigenvalue weighted by Crippen LogP contribution is 2.48. The van der Waals surface area contributed by atoms with Crippen LogP contribution in [0, 0.1) is 0 Å². The van der Waals surface area contributed by atoms with Gasteiger partial charge in [-0.25, -0.2) is 0 Å². The van der Waals surface area contributed by atoms with Crippen LogP contribution in [-0.2, 0) is 0 Å². The van der Waals surface area contributed by atoms with E-state index in [9.17, 15) is 0 Å². The number of benzene rings is 6. The maximum absolute atomic E-state index is 2.46. The number of hydrogen-bond acceptors (Lipinski definition) is 1. The van der Waals surface area contributed by atoms with Crippen LogP contribution < -0.4 is 0 Å². The van der Waals surface area contributed by atoms with E-state index >= 15 is 0 Å². The number of hydrogen-bond donors (Lipinski definition) is 0. The summed E-state index contributed by atoms with van der Waals surface area (Å²) in [6.45, 7) is 0. The molecule has 158 valence electrons. The SMILES string of the molecule is c1cc2c3c(cccc3c1)-c1cc(-n3c4ccccc4c4ccc5ccccc5c43)ccc1S2. The van der Waals surface area contributed by atoms with Crippen molar-refractivity contribution in [3.63, 3.8) is 0 Å². The Balaban J connectivity index is 1.50. The molecule has 2 heterocycles. The van der Waals surface area contributed by atoms with Crippen molar-refractivity contribution >= 4 is 55.1 Å². The van der Waals surface area contributed by atoms with Crippen LogP contribution in [0.15, 0.2) is 125 Å². The summed E-state index contributed by atoms with van der Waals surface area (Å²) in [6.07, 6.45) is 0. The van der Waals surface area contributed by atoms with Crippen LogP contribution in [0.3, 0.4) is 0 Å². The van der Waals surface area contributed by atoms with Crippen molar-refractivity contribution in [2.24, 2.45) is 0 Å². The molecule has 1 aliphatic rings. The Morgan fingerprint density at radius 2 is 1.29 bits per heavy atom. The summed E-state index contributed by atoms with van der Waals surface area (Å²) >= 11 is 1.88. The quantitative estimate of drug-likeness (QED) is 0.242. The van der Waals surface area contributed by atoms with Gasteiger partial charge in [-0.15, -0.1) is 0 Å². The van der Waals surface area contributed by atoms with Crippen molar-refractivity contribution in [2.45, 2.75) is 9.79 Å². The molecule has 0 bridgehead atoms. The molecule has 6 aromatic carbocycles. The van der Waals surface area contributed by atoms with Gasteiger partial charge in [-0.2, -0.15) is 0 Å². The third-order valence-corrected chi connectivity index (χ3v) is 8.29. The molecule has 0 aliphatic carbocycles. The molecular formula is C32H19NS. The molecule has 0 N–H and O–H groups in total. The predicted octanol–water partition coefficient (Wildman–Crippen LogP) is 9.22.